The number of hydrogen-bond donors (Lipinski definition) is 0. The number of nitrogens with zero attached hydrogens (tertiary/aromatic N) is 1. The van der Waals surface area contributed by atoms with Crippen molar-refractivity contribution in [1.82, 2.24) is 4.90 Å². The minimum Gasteiger partial charge on any atom is -0.486 e. The number of hydrogen-bond acceptors (Lipinski definition) is 4. The third-order valence-electron chi connectivity index (χ3n) is 4.18. The quantitative estimate of drug-likeness (QED) is 0.779. The first-order valence-corrected chi connectivity index (χ1v) is 8.79. The number of ether oxygens (including phenoxy) is 3. The lowest BCUT2D eigenvalue weighted by molar-refractivity contribution is -0.137. The fourth-order valence-electron chi connectivity index (χ4n) is 2.75. The molecule has 150 valence electrons. The number of rotatable bonds is 5. The van der Waals surface area contributed by atoms with Crippen LogP contribution in [-0.4, -0.2) is 49.8 Å². The van der Waals surface area contributed by atoms with Crippen LogP contribution in [0.3, 0.4) is 0 Å². The lowest BCUT2D eigenvalue weighted by atomic mass is 10.2. The van der Waals surface area contributed by atoms with Crippen LogP contribution in [0.2, 0.25) is 0 Å². The van der Waals surface area contributed by atoms with Crippen LogP contribution in [0.15, 0.2) is 54.6 Å². The van der Waals surface area contributed by atoms with E-state index in [1.807, 2.05) is 18.2 Å². The maximum atomic E-state index is 12.7. The molecule has 1 aliphatic rings. The Balaban J connectivity index is 1.56. The summed E-state index contributed by atoms with van der Waals surface area (Å²) in [5.41, 5.74) is -0.744. The lowest BCUT2D eigenvalue weighted by Gasteiger charge is -2.24. The van der Waals surface area contributed by atoms with Gasteiger partial charge in [-0.15, -0.1) is 0 Å². The van der Waals surface area contributed by atoms with Gasteiger partial charge in [-0.1, -0.05) is 18.2 Å². The first-order chi connectivity index (χ1) is 13.4. The molecule has 3 rings (SSSR count). The zero-order chi connectivity index (χ0) is 20.0. The van der Waals surface area contributed by atoms with E-state index in [0.717, 1.165) is 12.1 Å². The van der Waals surface area contributed by atoms with Gasteiger partial charge < -0.3 is 19.1 Å². The van der Waals surface area contributed by atoms with E-state index >= 15 is 0 Å². The number of carbonyl (C=O) groups excluding carboxylic acids is 1. The molecule has 0 aromatic heterocycles. The van der Waals surface area contributed by atoms with Crippen LogP contribution >= 0.6 is 0 Å². The van der Waals surface area contributed by atoms with Gasteiger partial charge in [0.25, 0.3) is 5.91 Å². The van der Waals surface area contributed by atoms with Crippen molar-refractivity contribution in [2.75, 3.05) is 32.9 Å². The number of carbonyl (C=O) groups is 1. The Labute approximate surface area is 160 Å². The highest BCUT2D eigenvalue weighted by Crippen LogP contribution is 2.30. The van der Waals surface area contributed by atoms with Crippen molar-refractivity contribution in [1.29, 1.82) is 0 Å². The molecule has 1 aliphatic heterocycles. The summed E-state index contributed by atoms with van der Waals surface area (Å²) in [6, 6.07) is 13.4. The molecule has 0 N–H and O–H groups in total. The fraction of sp³-hybridized carbons (Fsp3) is 0.350. The summed E-state index contributed by atoms with van der Waals surface area (Å²) in [6.45, 7) is 1.13. The maximum Gasteiger partial charge on any atom is 0.416 e. The van der Waals surface area contributed by atoms with Crippen LogP contribution in [0, 0.1) is 0 Å². The van der Waals surface area contributed by atoms with Crippen LogP contribution in [0.1, 0.15) is 5.56 Å². The molecule has 0 spiro atoms. The standard InChI is InChI=1S/C20H20F3NO4/c21-20(22,23)15-6-8-17(9-7-15)28-18-12-24(10-11-26-13-18)19(25)14-27-16-4-2-1-3-5-16/h1-9,18H,10-14H2/t18-/m1/s1. The van der Waals surface area contributed by atoms with Crippen molar-refractivity contribution in [2.24, 2.45) is 0 Å². The largest absolute Gasteiger partial charge is 0.486 e. The second-order valence-electron chi connectivity index (χ2n) is 6.28. The second kappa shape index (κ2) is 8.97. The highest BCUT2D eigenvalue weighted by atomic mass is 19.4. The summed E-state index contributed by atoms with van der Waals surface area (Å²) < 4.78 is 54.6. The molecule has 2 aromatic rings. The van der Waals surface area contributed by atoms with Gasteiger partial charge in [-0.25, -0.2) is 0 Å². The first kappa shape index (κ1) is 20.0. The monoisotopic (exact) mass is 395 g/mol. The molecule has 1 heterocycles. The SMILES string of the molecule is O=C(COc1ccccc1)N1CCOC[C@H](Oc2ccc(C(F)(F)F)cc2)C1. The number of amides is 1. The number of halogens is 3. The van der Waals surface area contributed by atoms with E-state index in [4.69, 9.17) is 14.2 Å². The number of para-hydroxylation sites is 1. The van der Waals surface area contributed by atoms with E-state index in [2.05, 4.69) is 0 Å². The lowest BCUT2D eigenvalue weighted by Crippen LogP contribution is -2.42. The number of benzene rings is 2. The van der Waals surface area contributed by atoms with Crippen LogP contribution in [-0.2, 0) is 15.7 Å². The molecule has 5 nitrogen and oxygen atoms in total. The predicted octanol–water partition coefficient (Wildman–Crippen LogP) is 3.39. The average Bonchev–Trinajstić information content (AvgIpc) is 2.92. The molecule has 0 aliphatic carbocycles. The predicted molar refractivity (Wildman–Crippen MR) is 95.2 cm³/mol. The van der Waals surface area contributed by atoms with E-state index in [9.17, 15) is 18.0 Å². The van der Waals surface area contributed by atoms with Crippen LogP contribution in [0.5, 0.6) is 11.5 Å². The van der Waals surface area contributed by atoms with Crippen LogP contribution < -0.4 is 9.47 Å². The molecule has 2 aromatic carbocycles. The molecule has 28 heavy (non-hydrogen) atoms. The number of alkyl halides is 3. The molecule has 0 unspecified atom stereocenters. The normalized spacial score (nSPS) is 17.7. The Morgan fingerprint density at radius 3 is 2.46 bits per heavy atom. The van der Waals surface area contributed by atoms with Gasteiger partial charge in [-0.05, 0) is 36.4 Å². The Morgan fingerprint density at radius 2 is 1.79 bits per heavy atom. The Bertz CT molecular complexity index is 765. The van der Waals surface area contributed by atoms with Crippen molar-refractivity contribution in [2.45, 2.75) is 12.3 Å². The Morgan fingerprint density at radius 1 is 1.07 bits per heavy atom. The van der Waals surface area contributed by atoms with E-state index in [1.54, 1.807) is 17.0 Å². The Hall–Kier alpha value is -2.74. The summed E-state index contributed by atoms with van der Waals surface area (Å²) in [7, 11) is 0. The van der Waals surface area contributed by atoms with Gasteiger partial charge in [-0.3, -0.25) is 4.79 Å². The zero-order valence-corrected chi connectivity index (χ0v) is 15.0. The minimum absolute atomic E-state index is 0.114. The third kappa shape index (κ3) is 5.63. The fourth-order valence-corrected chi connectivity index (χ4v) is 2.75. The molecule has 1 fully saturated rings. The highest BCUT2D eigenvalue weighted by Gasteiger charge is 2.30. The molecule has 1 saturated heterocycles. The first-order valence-electron chi connectivity index (χ1n) is 8.79. The summed E-state index contributed by atoms with van der Waals surface area (Å²) in [5, 5.41) is 0. The van der Waals surface area contributed by atoms with Gasteiger partial charge in [0.2, 0.25) is 0 Å². The van der Waals surface area contributed by atoms with Gasteiger partial charge in [0, 0.05) is 6.54 Å². The molecular weight excluding hydrogens is 375 g/mol. The third-order valence-corrected chi connectivity index (χ3v) is 4.18. The average molecular weight is 395 g/mol. The second-order valence-corrected chi connectivity index (χ2v) is 6.28. The van der Waals surface area contributed by atoms with Gasteiger partial charge >= 0.3 is 6.18 Å². The molecule has 8 heteroatoms. The van der Waals surface area contributed by atoms with E-state index in [0.29, 0.717) is 18.9 Å². The highest BCUT2D eigenvalue weighted by molar-refractivity contribution is 5.77. The summed E-state index contributed by atoms with van der Waals surface area (Å²) in [5.74, 6) is 0.672. The van der Waals surface area contributed by atoms with Crippen molar-refractivity contribution in [3.05, 3.63) is 60.2 Å². The smallest absolute Gasteiger partial charge is 0.416 e. The molecule has 0 radical (unpaired) electrons. The summed E-state index contributed by atoms with van der Waals surface area (Å²) in [6.07, 6.45) is -4.88. The van der Waals surface area contributed by atoms with Crippen molar-refractivity contribution >= 4 is 5.91 Å². The molecule has 0 bridgehead atoms. The zero-order valence-electron chi connectivity index (χ0n) is 15.0. The van der Waals surface area contributed by atoms with E-state index < -0.39 is 17.8 Å². The summed E-state index contributed by atoms with van der Waals surface area (Å²) in [4.78, 5) is 14.0. The van der Waals surface area contributed by atoms with E-state index in [-0.39, 0.29) is 31.4 Å². The summed E-state index contributed by atoms with van der Waals surface area (Å²) >= 11 is 0. The minimum atomic E-state index is -4.40. The Kier molecular flexibility index (Phi) is 6.41. The van der Waals surface area contributed by atoms with Crippen molar-refractivity contribution in [3.63, 3.8) is 0 Å². The molecule has 1 atom stereocenters. The topological polar surface area (TPSA) is 48.0 Å². The van der Waals surface area contributed by atoms with Crippen molar-refractivity contribution in [3.8, 4) is 11.5 Å². The van der Waals surface area contributed by atoms with Gasteiger partial charge in [0.15, 0.2) is 6.61 Å². The molecular formula is C20H20F3NO4. The van der Waals surface area contributed by atoms with E-state index in [1.165, 1.54) is 12.1 Å². The van der Waals surface area contributed by atoms with Gasteiger partial charge in [0.1, 0.15) is 17.6 Å². The van der Waals surface area contributed by atoms with Gasteiger partial charge in [-0.2, -0.15) is 13.2 Å². The van der Waals surface area contributed by atoms with Crippen LogP contribution in [0.25, 0.3) is 0 Å². The molecule has 0 saturated carbocycles. The van der Waals surface area contributed by atoms with Gasteiger partial charge in [0.05, 0.1) is 25.3 Å². The molecule has 1 amide bonds. The van der Waals surface area contributed by atoms with Crippen LogP contribution in [0.4, 0.5) is 13.2 Å². The van der Waals surface area contributed by atoms with Crippen molar-refractivity contribution < 1.29 is 32.2 Å². The maximum absolute atomic E-state index is 12.7.